The van der Waals surface area contributed by atoms with Crippen LogP contribution in [0, 0.1) is 12.3 Å². The molecule has 19 heavy (non-hydrogen) atoms. The highest BCUT2D eigenvalue weighted by Crippen LogP contribution is 2.31. The molecule has 0 bridgehead atoms. The summed E-state index contributed by atoms with van der Waals surface area (Å²) in [6.07, 6.45) is 3.76. The maximum Gasteiger partial charge on any atom is 0.138 e. The molecule has 0 spiro atoms. The molecule has 5 heteroatoms. The average molecular weight is 298 g/mol. The van der Waals surface area contributed by atoms with Gasteiger partial charge in [-0.2, -0.15) is 0 Å². The van der Waals surface area contributed by atoms with E-state index in [4.69, 9.17) is 11.6 Å². The van der Waals surface area contributed by atoms with Crippen molar-refractivity contribution in [3.8, 4) is 0 Å². The van der Waals surface area contributed by atoms with E-state index in [-0.39, 0.29) is 5.41 Å². The standard InChI is InChI=1S/C14H20ClN3S/c1-4-14(5-2,7-15)8-16-12-11-6-10(3)19-13(11)18-9-17-12/h6,9H,4-5,7-8H2,1-3H3,(H,16,17,18). The molecular formula is C14H20ClN3S. The van der Waals surface area contributed by atoms with E-state index in [1.54, 1.807) is 17.7 Å². The van der Waals surface area contributed by atoms with E-state index in [9.17, 15) is 0 Å². The third kappa shape index (κ3) is 3.00. The number of aryl methyl sites for hydroxylation is 1. The van der Waals surface area contributed by atoms with Gasteiger partial charge >= 0.3 is 0 Å². The topological polar surface area (TPSA) is 37.8 Å². The lowest BCUT2D eigenvalue weighted by Gasteiger charge is -2.29. The molecule has 0 fully saturated rings. The fraction of sp³-hybridized carbons (Fsp3) is 0.571. The minimum Gasteiger partial charge on any atom is -0.369 e. The van der Waals surface area contributed by atoms with Gasteiger partial charge in [0, 0.05) is 22.7 Å². The number of thiophene rings is 1. The molecule has 0 unspecified atom stereocenters. The van der Waals surface area contributed by atoms with E-state index in [2.05, 4.69) is 42.1 Å². The maximum atomic E-state index is 6.14. The molecule has 0 aromatic carbocycles. The fourth-order valence-electron chi connectivity index (χ4n) is 2.12. The second-order valence-corrected chi connectivity index (χ2v) is 6.49. The van der Waals surface area contributed by atoms with Crippen LogP contribution in [0.1, 0.15) is 31.6 Å². The van der Waals surface area contributed by atoms with Crippen LogP contribution in [0.3, 0.4) is 0 Å². The first-order valence-corrected chi connectivity index (χ1v) is 8.00. The lowest BCUT2D eigenvalue weighted by atomic mass is 9.84. The van der Waals surface area contributed by atoms with E-state index in [0.29, 0.717) is 5.88 Å². The molecule has 0 aliphatic rings. The number of halogens is 1. The van der Waals surface area contributed by atoms with E-state index in [1.807, 2.05) is 0 Å². The molecule has 2 aromatic rings. The summed E-state index contributed by atoms with van der Waals surface area (Å²) in [5.41, 5.74) is 0.143. The predicted octanol–water partition coefficient (Wildman–Crippen LogP) is 4.46. The van der Waals surface area contributed by atoms with Gasteiger partial charge in [0.05, 0.1) is 5.39 Å². The van der Waals surface area contributed by atoms with Crippen molar-refractivity contribution in [3.63, 3.8) is 0 Å². The second-order valence-electron chi connectivity index (χ2n) is 4.99. The molecule has 2 heterocycles. The van der Waals surface area contributed by atoms with Crippen molar-refractivity contribution in [2.75, 3.05) is 17.7 Å². The van der Waals surface area contributed by atoms with Crippen LogP contribution in [0.25, 0.3) is 10.2 Å². The van der Waals surface area contributed by atoms with E-state index in [0.717, 1.165) is 35.4 Å². The van der Waals surface area contributed by atoms with Crippen LogP contribution in [0.5, 0.6) is 0 Å². The lowest BCUT2D eigenvalue weighted by Crippen LogP contribution is -2.30. The first kappa shape index (κ1) is 14.5. The zero-order valence-corrected chi connectivity index (χ0v) is 13.2. The van der Waals surface area contributed by atoms with Crippen molar-refractivity contribution in [1.82, 2.24) is 9.97 Å². The molecule has 2 rings (SSSR count). The minimum absolute atomic E-state index is 0.143. The highest BCUT2D eigenvalue weighted by atomic mass is 35.5. The number of nitrogens with zero attached hydrogens (tertiary/aromatic N) is 2. The molecule has 0 amide bonds. The van der Waals surface area contributed by atoms with Gasteiger partial charge in [0.25, 0.3) is 0 Å². The third-order valence-corrected chi connectivity index (χ3v) is 5.39. The Morgan fingerprint density at radius 3 is 2.68 bits per heavy atom. The average Bonchev–Trinajstić information content (AvgIpc) is 2.82. The number of aromatic nitrogens is 2. The second kappa shape index (κ2) is 6.06. The third-order valence-electron chi connectivity index (χ3n) is 3.87. The van der Waals surface area contributed by atoms with Gasteiger partial charge in [0.1, 0.15) is 17.0 Å². The maximum absolute atomic E-state index is 6.14. The molecule has 3 nitrogen and oxygen atoms in total. The quantitative estimate of drug-likeness (QED) is 0.800. The smallest absolute Gasteiger partial charge is 0.138 e. The normalized spacial score (nSPS) is 12.0. The molecule has 1 N–H and O–H groups in total. The van der Waals surface area contributed by atoms with Gasteiger partial charge < -0.3 is 5.32 Å². The highest BCUT2D eigenvalue weighted by molar-refractivity contribution is 7.18. The zero-order valence-electron chi connectivity index (χ0n) is 11.7. The summed E-state index contributed by atoms with van der Waals surface area (Å²) < 4.78 is 0. The van der Waals surface area contributed by atoms with Crippen molar-refractivity contribution in [3.05, 3.63) is 17.3 Å². The number of anilines is 1. The summed E-state index contributed by atoms with van der Waals surface area (Å²) in [5, 5.41) is 4.58. The van der Waals surface area contributed by atoms with Crippen LogP contribution in [0.2, 0.25) is 0 Å². The molecule has 0 radical (unpaired) electrons. The van der Waals surface area contributed by atoms with Gasteiger partial charge in [0.15, 0.2) is 0 Å². The SMILES string of the molecule is CCC(CC)(CCl)CNc1ncnc2sc(C)cc12. The lowest BCUT2D eigenvalue weighted by molar-refractivity contribution is 0.326. The van der Waals surface area contributed by atoms with Gasteiger partial charge in [-0.3, -0.25) is 0 Å². The number of rotatable bonds is 6. The Balaban J connectivity index is 2.22. The van der Waals surface area contributed by atoms with E-state index in [1.165, 1.54) is 4.88 Å². The van der Waals surface area contributed by atoms with Crippen molar-refractivity contribution in [1.29, 1.82) is 0 Å². The van der Waals surface area contributed by atoms with Crippen molar-refractivity contribution >= 4 is 39.0 Å². The molecule has 0 aliphatic heterocycles. The Morgan fingerprint density at radius 1 is 1.32 bits per heavy atom. The van der Waals surface area contributed by atoms with Gasteiger partial charge in [-0.05, 0) is 25.8 Å². The summed E-state index contributed by atoms with van der Waals surface area (Å²) in [6.45, 7) is 7.33. The summed E-state index contributed by atoms with van der Waals surface area (Å²) >= 11 is 7.84. The Kier molecular flexibility index (Phi) is 4.63. The Labute approximate surface area is 123 Å². The number of nitrogens with one attached hydrogen (secondary N) is 1. The largest absolute Gasteiger partial charge is 0.369 e. The molecule has 0 atom stereocenters. The Bertz CT molecular complexity index is 540. The first-order valence-electron chi connectivity index (χ1n) is 6.65. The van der Waals surface area contributed by atoms with Gasteiger partial charge in [-0.15, -0.1) is 22.9 Å². The predicted molar refractivity (Wildman–Crippen MR) is 84.4 cm³/mol. The van der Waals surface area contributed by atoms with E-state index < -0.39 is 0 Å². The van der Waals surface area contributed by atoms with Gasteiger partial charge in [-0.1, -0.05) is 13.8 Å². The van der Waals surface area contributed by atoms with Crippen LogP contribution in [-0.4, -0.2) is 22.4 Å². The fourth-order valence-corrected chi connectivity index (χ4v) is 3.44. The monoisotopic (exact) mass is 297 g/mol. The van der Waals surface area contributed by atoms with Crippen LogP contribution < -0.4 is 5.32 Å². The van der Waals surface area contributed by atoms with Crippen LogP contribution in [0.15, 0.2) is 12.4 Å². The number of fused-ring (bicyclic) bond motifs is 1. The molecule has 2 aromatic heterocycles. The van der Waals surface area contributed by atoms with Gasteiger partial charge in [0.2, 0.25) is 0 Å². The molecule has 0 saturated heterocycles. The van der Waals surface area contributed by atoms with Crippen LogP contribution >= 0.6 is 22.9 Å². The summed E-state index contributed by atoms with van der Waals surface area (Å²) in [7, 11) is 0. The molecule has 0 saturated carbocycles. The van der Waals surface area contributed by atoms with Crippen molar-refractivity contribution in [2.45, 2.75) is 33.6 Å². The number of alkyl halides is 1. The number of hydrogen-bond acceptors (Lipinski definition) is 4. The Morgan fingerprint density at radius 2 is 2.05 bits per heavy atom. The molecular weight excluding hydrogens is 278 g/mol. The summed E-state index contributed by atoms with van der Waals surface area (Å²) in [5.74, 6) is 1.59. The van der Waals surface area contributed by atoms with Crippen LogP contribution in [0.4, 0.5) is 5.82 Å². The van der Waals surface area contributed by atoms with Gasteiger partial charge in [-0.25, -0.2) is 9.97 Å². The number of hydrogen-bond donors (Lipinski definition) is 1. The first-order chi connectivity index (χ1) is 9.14. The van der Waals surface area contributed by atoms with Crippen LogP contribution in [-0.2, 0) is 0 Å². The Hall–Kier alpha value is -0.870. The van der Waals surface area contributed by atoms with E-state index >= 15 is 0 Å². The zero-order chi connectivity index (χ0) is 13.9. The van der Waals surface area contributed by atoms with Crippen molar-refractivity contribution < 1.29 is 0 Å². The van der Waals surface area contributed by atoms with Crippen molar-refractivity contribution in [2.24, 2.45) is 5.41 Å². The molecule has 104 valence electrons. The highest BCUT2D eigenvalue weighted by Gasteiger charge is 2.25. The summed E-state index contributed by atoms with van der Waals surface area (Å²) in [6, 6.07) is 2.14. The minimum atomic E-state index is 0.143. The summed E-state index contributed by atoms with van der Waals surface area (Å²) in [4.78, 5) is 11.0. The molecule has 0 aliphatic carbocycles.